The first-order valence-electron chi connectivity index (χ1n) is 9.06. The van der Waals surface area contributed by atoms with E-state index < -0.39 is 0 Å². The molecule has 2 amide bonds. The van der Waals surface area contributed by atoms with Crippen LogP contribution in [0.2, 0.25) is 0 Å². The Hall–Kier alpha value is -1.99. The van der Waals surface area contributed by atoms with E-state index in [4.69, 9.17) is 4.74 Å². The average Bonchev–Trinajstić information content (AvgIpc) is 3.03. The van der Waals surface area contributed by atoms with Crippen LogP contribution in [-0.4, -0.2) is 42.6 Å². The quantitative estimate of drug-likeness (QED) is 0.779. The number of hydrogen-bond acceptors (Lipinski definition) is 5. The molecule has 7 heteroatoms. The Kier molecular flexibility index (Phi) is 6.57. The number of carbonyl (C=O) groups is 2. The Labute approximate surface area is 157 Å². The fourth-order valence-corrected chi connectivity index (χ4v) is 4.37. The van der Waals surface area contributed by atoms with Crippen molar-refractivity contribution in [1.82, 2.24) is 15.6 Å². The first kappa shape index (κ1) is 18.8. The van der Waals surface area contributed by atoms with Gasteiger partial charge in [0.1, 0.15) is 6.61 Å². The Morgan fingerprint density at radius 2 is 1.92 bits per heavy atom. The fraction of sp³-hybridized carbons (Fsp3) is 0.526. The molecule has 1 fully saturated rings. The van der Waals surface area contributed by atoms with E-state index in [1.54, 1.807) is 11.3 Å². The van der Waals surface area contributed by atoms with Crippen LogP contribution in [0.3, 0.4) is 0 Å². The molecule has 1 aliphatic carbocycles. The lowest BCUT2D eigenvalue weighted by Gasteiger charge is -2.30. The number of aryl methyl sites for hydroxylation is 1. The summed E-state index contributed by atoms with van der Waals surface area (Å²) in [5.74, 6) is -0.0431. The number of benzene rings is 1. The van der Waals surface area contributed by atoms with E-state index in [0.717, 1.165) is 40.9 Å². The summed E-state index contributed by atoms with van der Waals surface area (Å²) in [6.45, 7) is 0.0791. The molecule has 6 nitrogen and oxygen atoms in total. The van der Waals surface area contributed by atoms with Crippen molar-refractivity contribution in [2.45, 2.75) is 50.6 Å². The molecular weight excluding hydrogens is 350 g/mol. The van der Waals surface area contributed by atoms with E-state index in [-0.39, 0.29) is 30.5 Å². The van der Waals surface area contributed by atoms with E-state index in [2.05, 4.69) is 21.7 Å². The third-order valence-corrected chi connectivity index (χ3v) is 5.68. The number of ether oxygens (including phenoxy) is 1. The van der Waals surface area contributed by atoms with Gasteiger partial charge in [0.15, 0.2) is 0 Å². The summed E-state index contributed by atoms with van der Waals surface area (Å²) in [7, 11) is 1.51. The number of nitrogens with one attached hydrogen (secondary N) is 2. The smallest absolute Gasteiger partial charge is 0.246 e. The second-order valence-electron chi connectivity index (χ2n) is 6.70. The van der Waals surface area contributed by atoms with Gasteiger partial charge in [-0.2, -0.15) is 0 Å². The Morgan fingerprint density at radius 3 is 2.65 bits per heavy atom. The van der Waals surface area contributed by atoms with E-state index in [0.29, 0.717) is 12.8 Å². The summed E-state index contributed by atoms with van der Waals surface area (Å²) in [5.41, 5.74) is 0.995. The van der Waals surface area contributed by atoms with Gasteiger partial charge in [0.05, 0.1) is 15.2 Å². The van der Waals surface area contributed by atoms with Gasteiger partial charge in [-0.15, -0.1) is 11.3 Å². The van der Waals surface area contributed by atoms with Crippen LogP contribution < -0.4 is 10.6 Å². The molecule has 0 radical (unpaired) electrons. The fourth-order valence-electron chi connectivity index (χ4n) is 3.40. The van der Waals surface area contributed by atoms with Crippen molar-refractivity contribution in [3.63, 3.8) is 0 Å². The summed E-state index contributed by atoms with van der Waals surface area (Å²) in [6.07, 6.45) is 4.79. The van der Waals surface area contributed by atoms with E-state index in [9.17, 15) is 9.59 Å². The van der Waals surface area contributed by atoms with Crippen LogP contribution in [-0.2, 0) is 20.7 Å². The topological polar surface area (TPSA) is 80.3 Å². The molecule has 3 rings (SSSR count). The van der Waals surface area contributed by atoms with Crippen molar-refractivity contribution in [3.05, 3.63) is 29.3 Å². The number of nitrogens with zero attached hydrogens (tertiary/aromatic N) is 1. The van der Waals surface area contributed by atoms with Crippen LogP contribution in [0.5, 0.6) is 0 Å². The summed E-state index contributed by atoms with van der Waals surface area (Å²) < 4.78 is 6.00. The van der Waals surface area contributed by atoms with Crippen molar-refractivity contribution in [3.8, 4) is 0 Å². The minimum Gasteiger partial charge on any atom is -0.375 e. The lowest BCUT2D eigenvalue weighted by atomic mass is 9.91. The predicted octanol–water partition coefficient (Wildman–Crippen LogP) is 2.42. The lowest BCUT2D eigenvalue weighted by molar-refractivity contribution is -0.125. The molecule has 140 valence electrons. The van der Waals surface area contributed by atoms with Gasteiger partial charge in [-0.25, -0.2) is 4.98 Å². The van der Waals surface area contributed by atoms with Gasteiger partial charge in [-0.3, -0.25) is 9.59 Å². The zero-order valence-corrected chi connectivity index (χ0v) is 15.8. The molecule has 1 aromatic carbocycles. The minimum atomic E-state index is -0.0969. The van der Waals surface area contributed by atoms with Gasteiger partial charge >= 0.3 is 0 Å². The highest BCUT2D eigenvalue weighted by molar-refractivity contribution is 7.18. The van der Waals surface area contributed by atoms with Gasteiger partial charge in [0.25, 0.3) is 0 Å². The third-order valence-electron chi connectivity index (χ3n) is 4.58. The van der Waals surface area contributed by atoms with Crippen LogP contribution in [0.4, 0.5) is 0 Å². The zero-order valence-electron chi connectivity index (χ0n) is 15.0. The number of hydrogen-bond donors (Lipinski definition) is 2. The molecule has 2 aromatic rings. The van der Waals surface area contributed by atoms with Crippen molar-refractivity contribution >= 4 is 33.4 Å². The van der Waals surface area contributed by atoms with Gasteiger partial charge < -0.3 is 15.4 Å². The SMILES string of the molecule is COCC(=O)N[C@@H]1CCC[C@H](NC(=O)CCc2nc3ccccc3s2)C1. The monoisotopic (exact) mass is 375 g/mol. The molecule has 0 aliphatic heterocycles. The molecule has 1 aromatic heterocycles. The molecule has 0 spiro atoms. The maximum Gasteiger partial charge on any atom is 0.246 e. The van der Waals surface area contributed by atoms with Crippen LogP contribution in [0.1, 0.15) is 37.1 Å². The maximum atomic E-state index is 12.3. The van der Waals surface area contributed by atoms with E-state index >= 15 is 0 Å². The number of aromatic nitrogens is 1. The van der Waals surface area contributed by atoms with Crippen molar-refractivity contribution in [2.24, 2.45) is 0 Å². The molecule has 0 bridgehead atoms. The highest BCUT2D eigenvalue weighted by atomic mass is 32.1. The largest absolute Gasteiger partial charge is 0.375 e. The summed E-state index contributed by atoms with van der Waals surface area (Å²) in [4.78, 5) is 28.5. The predicted molar refractivity (Wildman–Crippen MR) is 102 cm³/mol. The second-order valence-corrected chi connectivity index (χ2v) is 7.82. The Balaban J connectivity index is 1.44. The van der Waals surface area contributed by atoms with Crippen LogP contribution in [0.15, 0.2) is 24.3 Å². The molecule has 2 atom stereocenters. The average molecular weight is 375 g/mol. The van der Waals surface area contributed by atoms with Crippen molar-refractivity contribution in [2.75, 3.05) is 13.7 Å². The number of fused-ring (bicyclic) bond motifs is 1. The number of thiazole rings is 1. The first-order chi connectivity index (χ1) is 12.6. The van der Waals surface area contributed by atoms with Crippen molar-refractivity contribution < 1.29 is 14.3 Å². The van der Waals surface area contributed by atoms with Crippen LogP contribution in [0, 0.1) is 0 Å². The Bertz CT molecular complexity index is 728. The maximum absolute atomic E-state index is 12.3. The number of rotatable bonds is 7. The number of para-hydroxylation sites is 1. The third kappa shape index (κ3) is 5.25. The summed E-state index contributed by atoms with van der Waals surface area (Å²) in [5, 5.41) is 7.08. The molecule has 1 saturated carbocycles. The number of methoxy groups -OCH3 is 1. The summed E-state index contributed by atoms with van der Waals surface area (Å²) in [6, 6.07) is 8.26. The highest BCUT2D eigenvalue weighted by Crippen LogP contribution is 2.23. The molecule has 0 saturated heterocycles. The van der Waals surface area contributed by atoms with Crippen molar-refractivity contribution in [1.29, 1.82) is 0 Å². The molecule has 1 heterocycles. The highest BCUT2D eigenvalue weighted by Gasteiger charge is 2.24. The molecule has 26 heavy (non-hydrogen) atoms. The zero-order chi connectivity index (χ0) is 18.4. The standard InChI is InChI=1S/C19H25N3O3S/c1-25-12-18(24)21-14-6-4-5-13(11-14)20-17(23)9-10-19-22-15-7-2-3-8-16(15)26-19/h2-3,7-8,13-14H,4-6,9-12H2,1H3,(H,20,23)(H,21,24)/t13-,14+/m0/s1. The summed E-state index contributed by atoms with van der Waals surface area (Å²) >= 11 is 1.65. The van der Waals surface area contributed by atoms with Gasteiger partial charge in [0.2, 0.25) is 11.8 Å². The minimum absolute atomic E-state index is 0.0538. The van der Waals surface area contributed by atoms with Crippen LogP contribution in [0.25, 0.3) is 10.2 Å². The number of carbonyl (C=O) groups excluding carboxylic acids is 2. The van der Waals surface area contributed by atoms with E-state index in [1.807, 2.05) is 18.2 Å². The normalized spacial score (nSPS) is 20.0. The van der Waals surface area contributed by atoms with Gasteiger partial charge in [0, 0.05) is 32.0 Å². The number of amides is 2. The molecule has 0 unspecified atom stereocenters. The van der Waals surface area contributed by atoms with Crippen LogP contribution >= 0.6 is 11.3 Å². The second kappa shape index (κ2) is 9.09. The van der Waals surface area contributed by atoms with Gasteiger partial charge in [-0.05, 0) is 37.8 Å². The van der Waals surface area contributed by atoms with E-state index in [1.165, 1.54) is 7.11 Å². The molecule has 1 aliphatic rings. The molecule has 2 N–H and O–H groups in total. The Morgan fingerprint density at radius 1 is 1.19 bits per heavy atom. The first-order valence-corrected chi connectivity index (χ1v) is 9.88. The van der Waals surface area contributed by atoms with Gasteiger partial charge in [-0.1, -0.05) is 12.1 Å². The lowest BCUT2D eigenvalue weighted by Crippen LogP contribution is -2.46. The molecular formula is C19H25N3O3S.